The van der Waals surface area contributed by atoms with Gasteiger partial charge in [0.05, 0.1) is 5.41 Å². The molecule has 0 fully saturated rings. The summed E-state index contributed by atoms with van der Waals surface area (Å²) >= 11 is 0. The van der Waals surface area contributed by atoms with Crippen molar-refractivity contribution in [1.82, 2.24) is 0 Å². The van der Waals surface area contributed by atoms with Crippen LogP contribution < -0.4 is 0 Å². The van der Waals surface area contributed by atoms with Gasteiger partial charge in [0.2, 0.25) is 0 Å². The molecule has 0 heterocycles. The van der Waals surface area contributed by atoms with Crippen molar-refractivity contribution in [2.24, 2.45) is 5.41 Å². The molecule has 0 saturated carbocycles. The summed E-state index contributed by atoms with van der Waals surface area (Å²) in [5.74, 6) is -1.41. The first-order valence-electron chi connectivity index (χ1n) is 4.58. The smallest absolute Gasteiger partial charge is 0.309 e. The molecule has 0 saturated heterocycles. The number of hydrogen-bond acceptors (Lipinski definition) is 3. The van der Waals surface area contributed by atoms with Gasteiger partial charge in [-0.25, -0.2) is 0 Å². The molecule has 82 valence electrons. The van der Waals surface area contributed by atoms with Crippen molar-refractivity contribution in [3.8, 4) is 11.5 Å². The molecule has 15 heavy (non-hydrogen) atoms. The third-order valence-electron chi connectivity index (χ3n) is 2.31. The molecule has 1 aromatic carbocycles. The lowest BCUT2D eigenvalue weighted by atomic mass is 9.85. The number of phenolic OH excluding ortho intramolecular Hbond substituents is 2. The van der Waals surface area contributed by atoms with Crippen molar-refractivity contribution >= 4 is 5.97 Å². The highest BCUT2D eigenvalue weighted by molar-refractivity contribution is 5.74. The molecular formula is C11H14O4. The maximum atomic E-state index is 10.9. The van der Waals surface area contributed by atoms with Crippen molar-refractivity contribution < 1.29 is 20.1 Å². The van der Waals surface area contributed by atoms with E-state index in [-0.39, 0.29) is 17.9 Å². The summed E-state index contributed by atoms with van der Waals surface area (Å²) in [6.07, 6.45) is 0.169. The topological polar surface area (TPSA) is 77.8 Å². The predicted octanol–water partition coefficient (Wildman–Crippen LogP) is 1.75. The number of phenols is 2. The number of hydrogen-bond donors (Lipinski definition) is 3. The number of carboxylic acid groups (broad SMARTS) is 1. The van der Waals surface area contributed by atoms with Gasteiger partial charge in [0, 0.05) is 0 Å². The van der Waals surface area contributed by atoms with E-state index in [9.17, 15) is 15.0 Å². The lowest BCUT2D eigenvalue weighted by Gasteiger charge is -2.19. The van der Waals surface area contributed by atoms with Crippen LogP contribution in [0, 0.1) is 5.41 Å². The summed E-state index contributed by atoms with van der Waals surface area (Å²) in [5, 5.41) is 27.7. The van der Waals surface area contributed by atoms with E-state index in [0.717, 1.165) is 0 Å². The maximum absolute atomic E-state index is 10.9. The van der Waals surface area contributed by atoms with E-state index in [4.69, 9.17) is 5.11 Å². The van der Waals surface area contributed by atoms with Gasteiger partial charge in [-0.3, -0.25) is 4.79 Å². The Balaban J connectivity index is 3.00. The zero-order valence-corrected chi connectivity index (χ0v) is 8.69. The van der Waals surface area contributed by atoms with E-state index in [0.29, 0.717) is 5.56 Å². The van der Waals surface area contributed by atoms with Gasteiger partial charge in [0.1, 0.15) is 0 Å². The zero-order chi connectivity index (χ0) is 11.6. The standard InChI is InChI=1S/C11H14O4/c1-11(2,10(14)15)6-7-4-3-5-8(12)9(7)13/h3-5,12-13H,6H2,1-2H3,(H,14,15). The van der Waals surface area contributed by atoms with Crippen LogP contribution in [0.25, 0.3) is 0 Å². The molecule has 0 unspecified atom stereocenters. The maximum Gasteiger partial charge on any atom is 0.309 e. The van der Waals surface area contributed by atoms with Crippen LogP contribution in [0.5, 0.6) is 11.5 Å². The number of carbonyl (C=O) groups is 1. The van der Waals surface area contributed by atoms with Crippen LogP contribution in [-0.4, -0.2) is 21.3 Å². The quantitative estimate of drug-likeness (QED) is 0.664. The predicted molar refractivity (Wildman–Crippen MR) is 54.9 cm³/mol. The van der Waals surface area contributed by atoms with Crippen molar-refractivity contribution in [3.05, 3.63) is 23.8 Å². The second-order valence-electron chi connectivity index (χ2n) is 4.15. The van der Waals surface area contributed by atoms with E-state index < -0.39 is 11.4 Å². The monoisotopic (exact) mass is 210 g/mol. The largest absolute Gasteiger partial charge is 0.504 e. The molecule has 0 bridgehead atoms. The first kappa shape index (κ1) is 11.4. The van der Waals surface area contributed by atoms with E-state index in [2.05, 4.69) is 0 Å². The van der Waals surface area contributed by atoms with Gasteiger partial charge in [-0.15, -0.1) is 0 Å². The fourth-order valence-electron chi connectivity index (χ4n) is 1.27. The average Bonchev–Trinajstić information content (AvgIpc) is 2.12. The fraction of sp³-hybridized carbons (Fsp3) is 0.364. The lowest BCUT2D eigenvalue weighted by Crippen LogP contribution is -2.26. The Hall–Kier alpha value is -1.71. The Morgan fingerprint density at radius 3 is 2.47 bits per heavy atom. The average molecular weight is 210 g/mol. The number of carboxylic acids is 1. The molecule has 0 aliphatic heterocycles. The minimum Gasteiger partial charge on any atom is -0.504 e. The van der Waals surface area contributed by atoms with Crippen molar-refractivity contribution in [3.63, 3.8) is 0 Å². The molecule has 0 atom stereocenters. The van der Waals surface area contributed by atoms with Gasteiger partial charge in [-0.2, -0.15) is 0 Å². The van der Waals surface area contributed by atoms with Gasteiger partial charge >= 0.3 is 5.97 Å². The number of rotatable bonds is 3. The van der Waals surface area contributed by atoms with Crippen molar-refractivity contribution in [1.29, 1.82) is 0 Å². The molecule has 0 radical (unpaired) electrons. The van der Waals surface area contributed by atoms with Crippen LogP contribution in [0.15, 0.2) is 18.2 Å². The number of aromatic hydroxyl groups is 2. The minimum atomic E-state index is -0.967. The first-order valence-corrected chi connectivity index (χ1v) is 4.58. The molecular weight excluding hydrogens is 196 g/mol. The molecule has 0 aromatic heterocycles. The SMILES string of the molecule is CC(C)(Cc1cccc(O)c1O)C(=O)O. The van der Waals surface area contributed by atoms with Crippen LogP contribution in [-0.2, 0) is 11.2 Å². The van der Waals surface area contributed by atoms with Gasteiger partial charge in [0.25, 0.3) is 0 Å². The second-order valence-corrected chi connectivity index (χ2v) is 4.15. The third-order valence-corrected chi connectivity index (χ3v) is 2.31. The van der Waals surface area contributed by atoms with Gasteiger partial charge in [-0.1, -0.05) is 12.1 Å². The molecule has 4 heteroatoms. The molecule has 1 aromatic rings. The highest BCUT2D eigenvalue weighted by atomic mass is 16.4. The number of aliphatic carboxylic acids is 1. The van der Waals surface area contributed by atoms with Crippen molar-refractivity contribution in [2.45, 2.75) is 20.3 Å². The Bertz CT molecular complexity index is 382. The fourth-order valence-corrected chi connectivity index (χ4v) is 1.27. The third kappa shape index (κ3) is 2.40. The zero-order valence-electron chi connectivity index (χ0n) is 8.69. The Labute approximate surface area is 87.8 Å². The van der Waals surface area contributed by atoms with Crippen LogP contribution in [0.4, 0.5) is 0 Å². The molecule has 0 aliphatic rings. The van der Waals surface area contributed by atoms with E-state index in [1.54, 1.807) is 26.0 Å². The van der Waals surface area contributed by atoms with Crippen LogP contribution in [0.3, 0.4) is 0 Å². The first-order chi connectivity index (χ1) is 6.84. The Morgan fingerprint density at radius 1 is 1.33 bits per heavy atom. The van der Waals surface area contributed by atoms with Crippen LogP contribution in [0.1, 0.15) is 19.4 Å². The Morgan fingerprint density at radius 2 is 1.93 bits per heavy atom. The molecule has 0 spiro atoms. The second kappa shape index (κ2) is 3.81. The molecule has 0 aliphatic carbocycles. The summed E-state index contributed by atoms with van der Waals surface area (Å²) in [4.78, 5) is 10.9. The minimum absolute atomic E-state index is 0.169. The normalized spacial score (nSPS) is 11.3. The number of para-hydroxylation sites is 1. The summed E-state index contributed by atoms with van der Waals surface area (Å²) in [5.41, 5.74) is -0.534. The van der Waals surface area contributed by atoms with E-state index >= 15 is 0 Å². The highest BCUT2D eigenvalue weighted by Gasteiger charge is 2.28. The van der Waals surface area contributed by atoms with E-state index in [1.807, 2.05) is 0 Å². The van der Waals surface area contributed by atoms with Crippen LogP contribution >= 0.6 is 0 Å². The summed E-state index contributed by atoms with van der Waals surface area (Å²) < 4.78 is 0. The summed E-state index contributed by atoms with van der Waals surface area (Å²) in [7, 11) is 0. The summed E-state index contributed by atoms with van der Waals surface area (Å²) in [6.45, 7) is 3.14. The van der Waals surface area contributed by atoms with Gasteiger partial charge in [0.15, 0.2) is 11.5 Å². The molecule has 1 rings (SSSR count). The number of benzene rings is 1. The molecule has 3 N–H and O–H groups in total. The van der Waals surface area contributed by atoms with Crippen molar-refractivity contribution in [2.75, 3.05) is 0 Å². The van der Waals surface area contributed by atoms with Crippen LogP contribution in [0.2, 0.25) is 0 Å². The Kier molecular flexibility index (Phi) is 2.88. The van der Waals surface area contributed by atoms with Gasteiger partial charge < -0.3 is 15.3 Å². The molecule has 0 amide bonds. The van der Waals surface area contributed by atoms with E-state index in [1.165, 1.54) is 6.07 Å². The highest BCUT2D eigenvalue weighted by Crippen LogP contribution is 2.33. The molecule has 4 nitrogen and oxygen atoms in total. The van der Waals surface area contributed by atoms with Gasteiger partial charge in [-0.05, 0) is 31.9 Å². The lowest BCUT2D eigenvalue weighted by molar-refractivity contribution is -0.146. The summed E-state index contributed by atoms with van der Waals surface area (Å²) in [6, 6.07) is 4.52.